The van der Waals surface area contributed by atoms with Crippen LogP contribution in [0.5, 0.6) is 17.2 Å². The molecule has 5 nitrogen and oxygen atoms in total. The maximum Gasteiger partial charge on any atom is 0.232 e. The van der Waals surface area contributed by atoms with E-state index in [0.29, 0.717) is 30.3 Å². The lowest BCUT2D eigenvalue weighted by Crippen LogP contribution is -2.31. The first kappa shape index (κ1) is 17.6. The number of allylic oxidation sites excluding steroid dienone is 2. The van der Waals surface area contributed by atoms with E-state index < -0.39 is 0 Å². The van der Waals surface area contributed by atoms with Crippen LogP contribution in [0.3, 0.4) is 0 Å². The third-order valence-corrected chi connectivity index (χ3v) is 4.98. The van der Waals surface area contributed by atoms with Gasteiger partial charge in [-0.25, -0.2) is 0 Å². The Hall–Kier alpha value is -2.79. The van der Waals surface area contributed by atoms with E-state index in [1.54, 1.807) is 7.11 Å². The van der Waals surface area contributed by atoms with Crippen molar-refractivity contribution >= 4 is 5.78 Å². The largest absolute Gasteiger partial charge is 0.497 e. The lowest BCUT2D eigenvalue weighted by molar-refractivity contribution is 0.0871. The average Bonchev–Trinajstić information content (AvgIpc) is 3.01. The summed E-state index contributed by atoms with van der Waals surface area (Å²) in [6.45, 7) is 7.64. The minimum absolute atomic E-state index is 0.0300. The van der Waals surface area contributed by atoms with E-state index in [9.17, 15) is 4.79 Å². The number of fused-ring (bicyclic) bond motifs is 3. The van der Waals surface area contributed by atoms with E-state index in [-0.39, 0.29) is 5.78 Å². The Bertz CT molecular complexity index is 940. The van der Waals surface area contributed by atoms with Gasteiger partial charge in [-0.05, 0) is 55.7 Å². The Morgan fingerprint density at radius 2 is 1.96 bits per heavy atom. The molecule has 2 aromatic carbocycles. The maximum absolute atomic E-state index is 12.7. The van der Waals surface area contributed by atoms with Crippen molar-refractivity contribution in [2.24, 2.45) is 0 Å². The molecule has 0 saturated heterocycles. The first-order chi connectivity index (χ1) is 13.0. The molecule has 140 valence electrons. The molecule has 0 aromatic heterocycles. The number of rotatable bonds is 3. The minimum Gasteiger partial charge on any atom is -0.497 e. The van der Waals surface area contributed by atoms with Gasteiger partial charge in [0, 0.05) is 13.1 Å². The summed E-state index contributed by atoms with van der Waals surface area (Å²) in [6.07, 6.45) is 0. The summed E-state index contributed by atoms with van der Waals surface area (Å²) < 4.78 is 17.2. The minimum atomic E-state index is -0.0300. The number of nitrogens with zero attached hydrogens (tertiary/aromatic N) is 1. The zero-order valence-electron chi connectivity index (χ0n) is 16.1. The summed E-state index contributed by atoms with van der Waals surface area (Å²) in [4.78, 5) is 14.9. The van der Waals surface area contributed by atoms with Crippen LogP contribution < -0.4 is 14.2 Å². The van der Waals surface area contributed by atoms with Gasteiger partial charge in [-0.1, -0.05) is 12.1 Å². The van der Waals surface area contributed by atoms with Gasteiger partial charge in [-0.2, -0.15) is 0 Å². The third-order valence-electron chi connectivity index (χ3n) is 4.98. The molecule has 0 fully saturated rings. The summed E-state index contributed by atoms with van der Waals surface area (Å²) in [5.41, 5.74) is 4.57. The van der Waals surface area contributed by atoms with Gasteiger partial charge in [0.15, 0.2) is 5.76 Å². The van der Waals surface area contributed by atoms with Gasteiger partial charge in [-0.3, -0.25) is 9.69 Å². The highest BCUT2D eigenvalue weighted by atomic mass is 16.5. The topological polar surface area (TPSA) is 48.0 Å². The van der Waals surface area contributed by atoms with E-state index in [1.807, 2.05) is 39.0 Å². The van der Waals surface area contributed by atoms with Gasteiger partial charge in [0.2, 0.25) is 5.78 Å². The van der Waals surface area contributed by atoms with Crippen molar-refractivity contribution < 1.29 is 19.0 Å². The highest BCUT2D eigenvalue weighted by molar-refractivity contribution is 6.14. The number of methoxy groups -OCH3 is 1. The number of carbonyl (C=O) groups excluding carboxylic acids is 1. The number of ketones is 1. The lowest BCUT2D eigenvalue weighted by atomic mass is 9.98. The van der Waals surface area contributed by atoms with E-state index >= 15 is 0 Å². The van der Waals surface area contributed by atoms with Gasteiger partial charge in [0.1, 0.15) is 24.0 Å². The first-order valence-electron chi connectivity index (χ1n) is 9.02. The quantitative estimate of drug-likeness (QED) is 0.762. The fraction of sp³-hybridized carbons (Fsp3) is 0.318. The monoisotopic (exact) mass is 365 g/mol. The normalized spacial score (nSPS) is 15.7. The highest BCUT2D eigenvalue weighted by Gasteiger charge is 2.35. The van der Waals surface area contributed by atoms with Crippen LogP contribution in [0.2, 0.25) is 0 Å². The van der Waals surface area contributed by atoms with Crippen molar-refractivity contribution in [3.05, 3.63) is 63.9 Å². The van der Waals surface area contributed by atoms with E-state index in [1.165, 1.54) is 5.56 Å². The summed E-state index contributed by atoms with van der Waals surface area (Å²) in [5.74, 6) is 2.71. The second kappa shape index (κ2) is 6.74. The molecule has 0 bridgehead atoms. The van der Waals surface area contributed by atoms with Crippen molar-refractivity contribution in [2.75, 3.05) is 13.8 Å². The van der Waals surface area contributed by atoms with Crippen LogP contribution in [-0.2, 0) is 13.1 Å². The second-order valence-corrected chi connectivity index (χ2v) is 7.24. The summed E-state index contributed by atoms with van der Waals surface area (Å²) in [5, 5.41) is 0. The van der Waals surface area contributed by atoms with Crippen LogP contribution in [0.4, 0.5) is 0 Å². The Balaban J connectivity index is 1.63. The van der Waals surface area contributed by atoms with E-state index in [2.05, 4.69) is 17.0 Å². The first-order valence-corrected chi connectivity index (χ1v) is 9.02. The molecule has 0 unspecified atom stereocenters. The predicted octanol–water partition coefficient (Wildman–Crippen LogP) is 4.22. The molecule has 0 atom stereocenters. The molecule has 2 heterocycles. The molecule has 0 amide bonds. The van der Waals surface area contributed by atoms with Gasteiger partial charge >= 0.3 is 0 Å². The van der Waals surface area contributed by atoms with Crippen molar-refractivity contribution in [2.45, 2.75) is 33.9 Å². The summed E-state index contributed by atoms with van der Waals surface area (Å²) in [7, 11) is 1.66. The van der Waals surface area contributed by atoms with Crippen molar-refractivity contribution in [3.8, 4) is 17.2 Å². The molecular formula is C22H23NO4. The number of hydrogen-bond acceptors (Lipinski definition) is 5. The smallest absolute Gasteiger partial charge is 0.232 e. The Labute approximate surface area is 159 Å². The van der Waals surface area contributed by atoms with Crippen LogP contribution in [0.15, 0.2) is 41.7 Å². The molecular weight excluding hydrogens is 342 g/mol. The lowest BCUT2D eigenvalue weighted by Gasteiger charge is -2.30. The fourth-order valence-corrected chi connectivity index (χ4v) is 3.58. The standard InChI is InChI=1S/C22H23NO4/c1-13(2)21-20(24)19-14(3)9-18-17(22(19)27-21)11-23(12-26-18)10-15-5-7-16(25-4)8-6-15/h5-9H,10-12H2,1-4H3. The number of benzene rings is 2. The zero-order valence-corrected chi connectivity index (χ0v) is 16.1. The molecule has 2 aliphatic rings. The van der Waals surface area contributed by atoms with E-state index in [0.717, 1.165) is 34.7 Å². The molecule has 0 saturated carbocycles. The number of hydrogen-bond donors (Lipinski definition) is 0. The van der Waals surface area contributed by atoms with Crippen LogP contribution in [0, 0.1) is 6.92 Å². The number of aryl methyl sites for hydroxylation is 1. The van der Waals surface area contributed by atoms with Gasteiger partial charge < -0.3 is 14.2 Å². The fourth-order valence-electron chi connectivity index (χ4n) is 3.58. The SMILES string of the molecule is COc1ccc(CN2COc3cc(C)c4c(c3C2)OC(=C(C)C)C4=O)cc1. The molecule has 0 radical (unpaired) electrons. The van der Waals surface area contributed by atoms with Crippen LogP contribution in [0.1, 0.15) is 40.9 Å². The molecule has 27 heavy (non-hydrogen) atoms. The Kier molecular flexibility index (Phi) is 4.40. The molecule has 2 aliphatic heterocycles. The zero-order chi connectivity index (χ0) is 19.1. The summed E-state index contributed by atoms with van der Waals surface area (Å²) in [6, 6.07) is 9.97. The molecule has 0 N–H and O–H groups in total. The Morgan fingerprint density at radius 3 is 2.63 bits per heavy atom. The van der Waals surface area contributed by atoms with Crippen LogP contribution in [-0.4, -0.2) is 24.5 Å². The number of carbonyl (C=O) groups is 1. The Morgan fingerprint density at radius 1 is 1.22 bits per heavy atom. The predicted molar refractivity (Wildman–Crippen MR) is 102 cm³/mol. The highest BCUT2D eigenvalue weighted by Crippen LogP contribution is 2.44. The summed E-state index contributed by atoms with van der Waals surface area (Å²) >= 11 is 0. The van der Waals surface area contributed by atoms with E-state index in [4.69, 9.17) is 14.2 Å². The average molecular weight is 365 g/mol. The van der Waals surface area contributed by atoms with Gasteiger partial charge in [-0.15, -0.1) is 0 Å². The van der Waals surface area contributed by atoms with Gasteiger partial charge in [0.05, 0.1) is 18.2 Å². The second-order valence-electron chi connectivity index (χ2n) is 7.24. The molecule has 4 rings (SSSR count). The van der Waals surface area contributed by atoms with Gasteiger partial charge in [0.25, 0.3) is 0 Å². The molecule has 5 heteroatoms. The number of Topliss-reactive ketones (excluding diaryl/α,β-unsaturated/α-hetero) is 1. The molecule has 2 aromatic rings. The van der Waals surface area contributed by atoms with Crippen molar-refractivity contribution in [1.82, 2.24) is 4.90 Å². The van der Waals surface area contributed by atoms with Crippen LogP contribution in [0.25, 0.3) is 0 Å². The van der Waals surface area contributed by atoms with Crippen molar-refractivity contribution in [1.29, 1.82) is 0 Å². The van der Waals surface area contributed by atoms with Crippen LogP contribution >= 0.6 is 0 Å². The third kappa shape index (κ3) is 3.08. The molecule has 0 spiro atoms. The maximum atomic E-state index is 12.7. The molecule has 0 aliphatic carbocycles. The van der Waals surface area contributed by atoms with Crippen molar-refractivity contribution in [3.63, 3.8) is 0 Å². The number of ether oxygens (including phenoxy) is 3.